The van der Waals surface area contributed by atoms with Crippen molar-refractivity contribution < 1.29 is 4.74 Å². The molecular formula is C15H16N6O. The van der Waals surface area contributed by atoms with Gasteiger partial charge >= 0.3 is 0 Å². The molecule has 22 heavy (non-hydrogen) atoms. The molecule has 0 aliphatic rings. The molecule has 0 saturated heterocycles. The summed E-state index contributed by atoms with van der Waals surface area (Å²) in [5.41, 5.74) is 19.9. The first-order valence-electron chi connectivity index (χ1n) is 6.66. The summed E-state index contributed by atoms with van der Waals surface area (Å²) >= 11 is 0. The maximum absolute atomic E-state index is 6.11. The van der Waals surface area contributed by atoms with Gasteiger partial charge in [-0.1, -0.05) is 0 Å². The van der Waals surface area contributed by atoms with E-state index in [0.717, 1.165) is 21.9 Å². The summed E-state index contributed by atoms with van der Waals surface area (Å²) in [5, 5.41) is 1.83. The van der Waals surface area contributed by atoms with Gasteiger partial charge in [-0.2, -0.15) is 4.98 Å². The van der Waals surface area contributed by atoms with Gasteiger partial charge in [-0.25, -0.2) is 4.98 Å². The van der Waals surface area contributed by atoms with Crippen LogP contribution in [0.3, 0.4) is 0 Å². The van der Waals surface area contributed by atoms with Crippen LogP contribution in [0.5, 0.6) is 5.75 Å². The van der Waals surface area contributed by atoms with Crippen molar-refractivity contribution in [1.29, 1.82) is 0 Å². The number of aromatic nitrogens is 3. The van der Waals surface area contributed by atoms with E-state index in [1.54, 1.807) is 25.7 Å². The predicted octanol–water partition coefficient (Wildman–Crippen LogP) is 1.37. The zero-order chi connectivity index (χ0) is 15.7. The van der Waals surface area contributed by atoms with Crippen molar-refractivity contribution >= 4 is 28.2 Å². The predicted molar refractivity (Wildman–Crippen MR) is 86.4 cm³/mol. The Bertz CT molecular complexity index is 849. The van der Waals surface area contributed by atoms with Crippen LogP contribution in [0, 0.1) is 0 Å². The van der Waals surface area contributed by atoms with Gasteiger partial charge in [-0.05, 0) is 23.1 Å². The molecule has 2 aromatic heterocycles. The van der Waals surface area contributed by atoms with E-state index >= 15 is 0 Å². The fourth-order valence-corrected chi connectivity index (χ4v) is 2.43. The number of anilines is 3. The van der Waals surface area contributed by atoms with Gasteiger partial charge in [0.25, 0.3) is 0 Å². The number of rotatable bonds is 3. The van der Waals surface area contributed by atoms with E-state index in [1.165, 1.54) is 0 Å². The van der Waals surface area contributed by atoms with Crippen molar-refractivity contribution in [3.05, 3.63) is 41.9 Å². The molecule has 0 amide bonds. The molecule has 7 heteroatoms. The third kappa shape index (κ3) is 2.32. The van der Waals surface area contributed by atoms with Gasteiger partial charge in [-0.15, -0.1) is 0 Å². The van der Waals surface area contributed by atoms with Crippen molar-refractivity contribution in [1.82, 2.24) is 15.0 Å². The van der Waals surface area contributed by atoms with E-state index in [1.807, 2.05) is 12.1 Å². The lowest BCUT2D eigenvalue weighted by Crippen LogP contribution is -2.05. The van der Waals surface area contributed by atoms with Gasteiger partial charge in [0.2, 0.25) is 5.95 Å². The second-order valence-electron chi connectivity index (χ2n) is 4.89. The molecule has 7 nitrogen and oxygen atoms in total. The minimum Gasteiger partial charge on any atom is -0.495 e. The molecule has 0 atom stereocenters. The van der Waals surface area contributed by atoms with Gasteiger partial charge in [0.05, 0.1) is 12.8 Å². The van der Waals surface area contributed by atoms with Crippen molar-refractivity contribution in [3.8, 4) is 5.75 Å². The number of hydrogen-bond donors (Lipinski definition) is 3. The second-order valence-corrected chi connectivity index (χ2v) is 4.89. The van der Waals surface area contributed by atoms with Crippen molar-refractivity contribution in [3.63, 3.8) is 0 Å². The summed E-state index contributed by atoms with van der Waals surface area (Å²) in [6, 6.07) is 3.81. The van der Waals surface area contributed by atoms with Crippen LogP contribution in [0.25, 0.3) is 10.8 Å². The molecule has 0 aliphatic carbocycles. The minimum absolute atomic E-state index is 0.158. The second kappa shape index (κ2) is 5.36. The Balaban J connectivity index is 2.16. The standard InChI is InChI=1S/C15H16N6O/c1-22-12-5-8(4-9-6-20-15(18)21-14(9)17)10-2-3-19-7-11(10)13(12)16/h2-3,5-7H,4,16H2,1H3,(H4,17,18,20,21). The van der Waals surface area contributed by atoms with Crippen LogP contribution in [0.1, 0.15) is 11.1 Å². The summed E-state index contributed by atoms with van der Waals surface area (Å²) in [6.45, 7) is 0. The molecule has 0 bridgehead atoms. The molecule has 3 rings (SSSR count). The first kappa shape index (κ1) is 13.9. The molecule has 6 N–H and O–H groups in total. The molecule has 0 spiro atoms. The highest BCUT2D eigenvalue weighted by atomic mass is 16.5. The number of nitrogens with two attached hydrogens (primary N) is 3. The minimum atomic E-state index is 0.158. The third-order valence-corrected chi connectivity index (χ3v) is 3.55. The maximum Gasteiger partial charge on any atom is 0.221 e. The molecule has 1 aromatic carbocycles. The summed E-state index contributed by atoms with van der Waals surface area (Å²) in [5.74, 6) is 1.13. The van der Waals surface area contributed by atoms with Crippen LogP contribution in [0.15, 0.2) is 30.7 Å². The summed E-state index contributed by atoms with van der Waals surface area (Å²) in [7, 11) is 1.58. The van der Waals surface area contributed by atoms with Crippen LogP contribution < -0.4 is 21.9 Å². The molecular weight excluding hydrogens is 280 g/mol. The van der Waals surface area contributed by atoms with Crippen LogP contribution in [0.2, 0.25) is 0 Å². The summed E-state index contributed by atoms with van der Waals surface area (Å²) in [6.07, 6.45) is 5.62. The molecule has 3 aromatic rings. The van der Waals surface area contributed by atoms with E-state index in [0.29, 0.717) is 23.7 Å². The van der Waals surface area contributed by atoms with E-state index in [9.17, 15) is 0 Å². The molecule has 0 fully saturated rings. The Labute approximate surface area is 127 Å². The zero-order valence-electron chi connectivity index (χ0n) is 12.1. The normalized spacial score (nSPS) is 10.8. The molecule has 0 unspecified atom stereocenters. The molecule has 0 radical (unpaired) electrons. The number of hydrogen-bond acceptors (Lipinski definition) is 7. The number of fused-ring (bicyclic) bond motifs is 1. The Morgan fingerprint density at radius 3 is 2.64 bits per heavy atom. The van der Waals surface area contributed by atoms with Gasteiger partial charge in [-0.3, -0.25) is 4.98 Å². The number of benzene rings is 1. The summed E-state index contributed by atoms with van der Waals surface area (Å²) in [4.78, 5) is 12.1. The van der Waals surface area contributed by atoms with Gasteiger partial charge < -0.3 is 21.9 Å². The van der Waals surface area contributed by atoms with E-state index in [2.05, 4.69) is 15.0 Å². The van der Waals surface area contributed by atoms with Crippen molar-refractivity contribution in [2.75, 3.05) is 24.3 Å². The maximum atomic E-state index is 6.11. The lowest BCUT2D eigenvalue weighted by atomic mass is 9.99. The van der Waals surface area contributed by atoms with Crippen LogP contribution >= 0.6 is 0 Å². The van der Waals surface area contributed by atoms with Crippen LogP contribution in [-0.4, -0.2) is 22.1 Å². The van der Waals surface area contributed by atoms with E-state index < -0.39 is 0 Å². The van der Waals surface area contributed by atoms with Crippen LogP contribution in [-0.2, 0) is 6.42 Å². The number of ether oxygens (including phenoxy) is 1. The Hall–Kier alpha value is -3.09. The SMILES string of the molecule is COc1cc(Cc2cnc(N)nc2N)c2ccncc2c1N. The van der Waals surface area contributed by atoms with E-state index in [4.69, 9.17) is 21.9 Å². The average Bonchev–Trinajstić information content (AvgIpc) is 2.52. The topological polar surface area (TPSA) is 126 Å². The largest absolute Gasteiger partial charge is 0.495 e. The monoisotopic (exact) mass is 296 g/mol. The number of pyridine rings is 1. The lowest BCUT2D eigenvalue weighted by Gasteiger charge is -2.13. The highest BCUT2D eigenvalue weighted by Crippen LogP contribution is 2.34. The number of methoxy groups -OCH3 is 1. The van der Waals surface area contributed by atoms with Crippen LogP contribution in [0.4, 0.5) is 17.5 Å². The number of nitrogens with zero attached hydrogens (tertiary/aromatic N) is 3. The zero-order valence-corrected chi connectivity index (χ0v) is 12.1. The molecule has 112 valence electrons. The fraction of sp³-hybridized carbons (Fsp3) is 0.133. The van der Waals surface area contributed by atoms with Gasteiger partial charge in [0.15, 0.2) is 0 Å². The number of nitrogen functional groups attached to an aromatic ring is 3. The van der Waals surface area contributed by atoms with E-state index in [-0.39, 0.29) is 5.95 Å². The highest BCUT2D eigenvalue weighted by Gasteiger charge is 2.12. The quantitative estimate of drug-likeness (QED) is 0.623. The average molecular weight is 296 g/mol. The Morgan fingerprint density at radius 1 is 1.09 bits per heavy atom. The Kier molecular flexibility index (Phi) is 3.38. The first-order valence-corrected chi connectivity index (χ1v) is 6.66. The lowest BCUT2D eigenvalue weighted by molar-refractivity contribution is 0.417. The van der Waals surface area contributed by atoms with Crippen molar-refractivity contribution in [2.45, 2.75) is 6.42 Å². The Morgan fingerprint density at radius 2 is 1.91 bits per heavy atom. The highest BCUT2D eigenvalue weighted by molar-refractivity contribution is 5.97. The molecule has 0 aliphatic heterocycles. The third-order valence-electron chi connectivity index (χ3n) is 3.55. The van der Waals surface area contributed by atoms with Gasteiger partial charge in [0.1, 0.15) is 11.6 Å². The summed E-state index contributed by atoms with van der Waals surface area (Å²) < 4.78 is 5.35. The molecule has 2 heterocycles. The van der Waals surface area contributed by atoms with Crippen molar-refractivity contribution in [2.24, 2.45) is 0 Å². The smallest absolute Gasteiger partial charge is 0.221 e. The fourth-order valence-electron chi connectivity index (χ4n) is 2.43. The first-order chi connectivity index (χ1) is 10.6. The van der Waals surface area contributed by atoms with Gasteiger partial charge in [0, 0.05) is 36.0 Å². The molecule has 0 saturated carbocycles.